The number of benzene rings is 1. The quantitative estimate of drug-likeness (QED) is 0.196. The minimum atomic E-state index is -1.43. The zero-order valence-corrected chi connectivity index (χ0v) is 19.5. The van der Waals surface area contributed by atoms with E-state index in [1.54, 1.807) is 0 Å². The molecule has 12 heteroatoms. The first-order valence-electron chi connectivity index (χ1n) is 8.98. The summed E-state index contributed by atoms with van der Waals surface area (Å²) in [7, 11) is 0. The molecule has 2 unspecified atom stereocenters. The number of aliphatic hydroxyl groups is 1. The molecule has 0 aliphatic carbocycles. The number of rotatable bonds is 8. The monoisotopic (exact) mass is 458 g/mol. The summed E-state index contributed by atoms with van der Waals surface area (Å²) < 4.78 is 5.16. The van der Waals surface area contributed by atoms with Crippen LogP contribution >= 0.6 is 11.8 Å². The normalized spacial score (nSPS) is 20.5. The van der Waals surface area contributed by atoms with E-state index in [9.17, 15) is 34.5 Å². The van der Waals surface area contributed by atoms with Crippen LogP contribution in [0.1, 0.15) is 17.0 Å². The van der Waals surface area contributed by atoms with Crippen molar-refractivity contribution in [2.45, 2.75) is 17.7 Å². The molecule has 1 aromatic carbocycles. The fourth-order valence-corrected chi connectivity index (χ4v) is 4.59. The van der Waals surface area contributed by atoms with Crippen molar-refractivity contribution in [3.8, 4) is 5.75 Å². The Hall–Kier alpha value is -2.05. The van der Waals surface area contributed by atoms with E-state index in [0.29, 0.717) is 11.3 Å². The molecule has 1 saturated heterocycles. The third kappa shape index (κ3) is 5.24. The van der Waals surface area contributed by atoms with Crippen LogP contribution in [0.3, 0.4) is 0 Å². The van der Waals surface area contributed by atoms with Gasteiger partial charge in [0.2, 0.25) is 11.8 Å². The van der Waals surface area contributed by atoms with Crippen molar-refractivity contribution in [1.82, 2.24) is 4.90 Å². The largest absolute Gasteiger partial charge is 1.00 e. The van der Waals surface area contributed by atoms with Gasteiger partial charge < -0.3 is 30.6 Å². The van der Waals surface area contributed by atoms with Gasteiger partial charge >= 0.3 is 35.5 Å². The summed E-state index contributed by atoms with van der Waals surface area (Å²) in [5, 5.41) is 29.9. The maximum atomic E-state index is 12.2. The molecule has 1 fully saturated rings. The molecule has 3 rings (SSSR count). The number of phenolic OH excluding ortho intramolecular Hbond substituents is 1. The Bertz CT molecular complexity index is 937. The minimum absolute atomic E-state index is 0. The smallest absolute Gasteiger partial charge is 0.543 e. The molecular formula is C19H19N2NaO8S. The number of carbonyl (C=O) groups is 4. The number of carbonyl (C=O) groups excluding carboxylic acids is 4. The number of hydrogen-bond donors (Lipinski definition) is 3. The second-order valence-electron chi connectivity index (χ2n) is 6.80. The fourth-order valence-electron chi connectivity index (χ4n) is 3.34. The standard InChI is InChI=1S/C19H20N2O8S.Na/c20-16(25)11(7-22)9-1-2-14(23)10(5-9)6-15(24)29-8-12-17(26)21-13(19(27)28)3-4-30-18(12)21;/h1-3,5,11-12,18,22-23H,4,6-8H2,(H2,20,25)(H,27,28);/q;+1/p-1/t11?,12?,18-;/m0./s1. The van der Waals surface area contributed by atoms with E-state index in [0.717, 1.165) is 4.90 Å². The van der Waals surface area contributed by atoms with E-state index in [1.807, 2.05) is 0 Å². The topological polar surface area (TPSA) is 170 Å². The van der Waals surface area contributed by atoms with E-state index >= 15 is 0 Å². The molecule has 1 aromatic rings. The van der Waals surface area contributed by atoms with Gasteiger partial charge in [0.15, 0.2) is 0 Å². The number of phenols is 1. The predicted molar refractivity (Wildman–Crippen MR) is 101 cm³/mol. The summed E-state index contributed by atoms with van der Waals surface area (Å²) in [6.45, 7) is -0.751. The Morgan fingerprint density at radius 1 is 1.35 bits per heavy atom. The SMILES string of the molecule is NC(=O)C(CO)c1ccc(O)c(CC(=O)OCC2C(=O)N3C(C(=O)[O-])=CCS[C@@H]23)c1.[Na+]. The second-order valence-corrected chi connectivity index (χ2v) is 7.95. The molecule has 2 aliphatic rings. The van der Waals surface area contributed by atoms with Crippen LogP contribution in [0.5, 0.6) is 5.75 Å². The molecule has 160 valence electrons. The van der Waals surface area contributed by atoms with Crippen LogP contribution in [0.2, 0.25) is 0 Å². The summed E-state index contributed by atoms with van der Waals surface area (Å²) >= 11 is 1.35. The van der Waals surface area contributed by atoms with Crippen LogP contribution in [0.4, 0.5) is 0 Å². The van der Waals surface area contributed by atoms with Gasteiger partial charge in [0, 0.05) is 11.3 Å². The molecule has 0 radical (unpaired) electrons. The number of amides is 2. The number of hydrogen-bond acceptors (Lipinski definition) is 9. The summed E-state index contributed by atoms with van der Waals surface area (Å²) in [5.74, 6) is -4.82. The minimum Gasteiger partial charge on any atom is -0.543 e. The van der Waals surface area contributed by atoms with Gasteiger partial charge in [-0.25, -0.2) is 0 Å². The van der Waals surface area contributed by atoms with Crippen molar-refractivity contribution in [1.29, 1.82) is 0 Å². The first-order valence-corrected chi connectivity index (χ1v) is 10.0. The van der Waals surface area contributed by atoms with Crippen molar-refractivity contribution in [2.24, 2.45) is 11.7 Å². The molecule has 2 heterocycles. The number of aromatic hydroxyl groups is 1. The number of aliphatic hydroxyl groups excluding tert-OH is 1. The molecule has 0 bridgehead atoms. The molecule has 0 spiro atoms. The van der Waals surface area contributed by atoms with Crippen molar-refractivity contribution in [2.75, 3.05) is 19.0 Å². The molecule has 2 amide bonds. The number of nitrogens with zero attached hydrogens (tertiary/aromatic N) is 1. The fraction of sp³-hybridized carbons (Fsp3) is 0.368. The van der Waals surface area contributed by atoms with E-state index in [2.05, 4.69) is 0 Å². The van der Waals surface area contributed by atoms with Crippen molar-refractivity contribution >= 4 is 35.5 Å². The van der Waals surface area contributed by atoms with Crippen LogP contribution in [-0.4, -0.2) is 63.2 Å². The molecule has 2 aliphatic heterocycles. The van der Waals surface area contributed by atoms with Gasteiger partial charge in [-0.2, -0.15) is 0 Å². The first kappa shape index (κ1) is 25.2. The third-order valence-electron chi connectivity index (χ3n) is 4.96. The van der Waals surface area contributed by atoms with Crippen LogP contribution < -0.4 is 40.4 Å². The van der Waals surface area contributed by atoms with Gasteiger partial charge in [0.1, 0.15) is 18.3 Å². The number of aliphatic carboxylic acids is 1. The van der Waals surface area contributed by atoms with Gasteiger partial charge in [-0.1, -0.05) is 12.1 Å². The zero-order chi connectivity index (χ0) is 22.0. The Labute approximate surface area is 203 Å². The number of carboxylic acids is 1. The molecule has 4 N–H and O–H groups in total. The number of thioether (sulfide) groups is 1. The Kier molecular flexibility index (Phi) is 8.55. The van der Waals surface area contributed by atoms with E-state index in [4.69, 9.17) is 10.5 Å². The number of β-lactam (4-membered cyclic amide) rings is 1. The Balaban J connectivity index is 0.00000341. The number of ether oxygens (including phenoxy) is 1. The number of esters is 1. The molecule has 3 atom stereocenters. The van der Waals surface area contributed by atoms with Crippen LogP contribution in [-0.2, 0) is 30.3 Å². The molecular weight excluding hydrogens is 439 g/mol. The van der Waals surface area contributed by atoms with Gasteiger partial charge in [0.25, 0.3) is 0 Å². The van der Waals surface area contributed by atoms with Crippen molar-refractivity contribution in [3.63, 3.8) is 0 Å². The number of fused-ring (bicyclic) bond motifs is 1. The zero-order valence-electron chi connectivity index (χ0n) is 16.6. The van der Waals surface area contributed by atoms with Crippen molar-refractivity contribution < 1.29 is 68.8 Å². The number of primary amides is 1. The summed E-state index contributed by atoms with van der Waals surface area (Å²) in [6.07, 6.45) is 1.07. The van der Waals surface area contributed by atoms with E-state index in [1.165, 1.54) is 36.0 Å². The summed E-state index contributed by atoms with van der Waals surface area (Å²) in [4.78, 5) is 48.1. The average Bonchev–Trinajstić information content (AvgIpc) is 2.69. The van der Waals surface area contributed by atoms with Gasteiger partial charge in [-0.3, -0.25) is 19.3 Å². The summed E-state index contributed by atoms with van der Waals surface area (Å²) in [5.41, 5.74) is 5.57. The first-order chi connectivity index (χ1) is 14.2. The maximum Gasteiger partial charge on any atom is 1.00 e. The van der Waals surface area contributed by atoms with Gasteiger partial charge in [-0.05, 0) is 17.7 Å². The van der Waals surface area contributed by atoms with Crippen LogP contribution in [0.15, 0.2) is 30.0 Å². The van der Waals surface area contributed by atoms with Crippen LogP contribution in [0, 0.1) is 5.92 Å². The Morgan fingerprint density at radius 2 is 2.06 bits per heavy atom. The molecule has 31 heavy (non-hydrogen) atoms. The number of nitrogens with two attached hydrogens (primary N) is 1. The summed E-state index contributed by atoms with van der Waals surface area (Å²) in [6, 6.07) is 4.08. The maximum absolute atomic E-state index is 12.2. The number of carboxylic acid groups (broad SMARTS) is 1. The Morgan fingerprint density at radius 3 is 2.68 bits per heavy atom. The van der Waals surface area contributed by atoms with E-state index in [-0.39, 0.29) is 59.6 Å². The average molecular weight is 458 g/mol. The van der Waals surface area contributed by atoms with Crippen LogP contribution in [0.25, 0.3) is 0 Å². The van der Waals surface area contributed by atoms with Crippen molar-refractivity contribution in [3.05, 3.63) is 41.1 Å². The van der Waals surface area contributed by atoms with Gasteiger partial charge in [0.05, 0.1) is 36.0 Å². The van der Waals surface area contributed by atoms with Gasteiger partial charge in [-0.15, -0.1) is 11.8 Å². The molecule has 10 nitrogen and oxygen atoms in total. The molecule has 0 aromatic heterocycles. The third-order valence-corrected chi connectivity index (χ3v) is 6.20. The predicted octanol–water partition coefficient (Wildman–Crippen LogP) is -4.79. The van der Waals surface area contributed by atoms with E-state index < -0.39 is 47.6 Å². The second kappa shape index (κ2) is 10.5. The molecule has 0 saturated carbocycles.